The van der Waals surface area contributed by atoms with E-state index in [1.165, 1.54) is 0 Å². The zero-order valence-electron chi connectivity index (χ0n) is 11.9. The largest absolute Gasteiger partial charge is 0.497 e. The molecule has 0 spiro atoms. The first-order chi connectivity index (χ1) is 9.13. The Kier molecular flexibility index (Phi) is 4.66. The van der Waals surface area contributed by atoms with Crippen LogP contribution in [-0.4, -0.2) is 50.5 Å². The summed E-state index contributed by atoms with van der Waals surface area (Å²) >= 11 is 0. The van der Waals surface area contributed by atoms with Crippen LogP contribution in [0.1, 0.15) is 12.0 Å². The van der Waals surface area contributed by atoms with E-state index in [-0.39, 0.29) is 12.0 Å². The van der Waals surface area contributed by atoms with Crippen molar-refractivity contribution in [3.8, 4) is 11.5 Å². The third-order valence-electron chi connectivity index (χ3n) is 3.87. The summed E-state index contributed by atoms with van der Waals surface area (Å²) in [6.45, 7) is 1.90. The quantitative estimate of drug-likeness (QED) is 0.897. The van der Waals surface area contributed by atoms with Gasteiger partial charge >= 0.3 is 0 Å². The average molecular weight is 265 g/mol. The van der Waals surface area contributed by atoms with Crippen LogP contribution >= 0.6 is 0 Å². The Morgan fingerprint density at radius 3 is 2.79 bits per heavy atom. The molecule has 1 aromatic rings. The van der Waals surface area contributed by atoms with E-state index in [9.17, 15) is 5.11 Å². The third kappa shape index (κ3) is 3.39. The Labute approximate surface area is 114 Å². The molecule has 1 aliphatic heterocycles. The van der Waals surface area contributed by atoms with E-state index in [1.807, 2.05) is 18.2 Å². The summed E-state index contributed by atoms with van der Waals surface area (Å²) in [6.07, 6.45) is 1.46. The molecule has 0 aromatic heterocycles. The lowest BCUT2D eigenvalue weighted by atomic mass is 9.88. The molecule has 1 aliphatic rings. The maximum Gasteiger partial charge on any atom is 0.125 e. The predicted octanol–water partition coefficient (Wildman–Crippen LogP) is 1.56. The van der Waals surface area contributed by atoms with Crippen molar-refractivity contribution in [2.24, 2.45) is 5.92 Å². The molecule has 106 valence electrons. The lowest BCUT2D eigenvalue weighted by Gasteiger charge is -2.34. The van der Waals surface area contributed by atoms with E-state index >= 15 is 0 Å². The van der Waals surface area contributed by atoms with Crippen LogP contribution in [-0.2, 0) is 6.42 Å². The molecule has 1 saturated heterocycles. The van der Waals surface area contributed by atoms with Crippen LogP contribution in [0.25, 0.3) is 0 Å². The number of piperidine rings is 1. The smallest absolute Gasteiger partial charge is 0.125 e. The molecule has 0 bridgehead atoms. The van der Waals surface area contributed by atoms with Crippen molar-refractivity contribution in [2.45, 2.75) is 18.9 Å². The molecule has 0 aliphatic carbocycles. The van der Waals surface area contributed by atoms with E-state index in [4.69, 9.17) is 9.47 Å². The Bertz CT molecular complexity index is 422. The molecule has 4 nitrogen and oxygen atoms in total. The van der Waals surface area contributed by atoms with Crippen LogP contribution in [0.3, 0.4) is 0 Å². The highest BCUT2D eigenvalue weighted by atomic mass is 16.5. The molecule has 4 heteroatoms. The molecular weight excluding hydrogens is 242 g/mol. The molecule has 1 aromatic carbocycles. The van der Waals surface area contributed by atoms with E-state index in [0.717, 1.165) is 43.0 Å². The Morgan fingerprint density at radius 2 is 2.11 bits per heavy atom. The van der Waals surface area contributed by atoms with Crippen LogP contribution in [0.4, 0.5) is 0 Å². The molecule has 19 heavy (non-hydrogen) atoms. The number of likely N-dealkylation sites (tertiary alicyclic amines) is 1. The van der Waals surface area contributed by atoms with Crippen molar-refractivity contribution in [2.75, 3.05) is 34.4 Å². The Morgan fingerprint density at radius 1 is 1.32 bits per heavy atom. The first kappa shape index (κ1) is 14.2. The van der Waals surface area contributed by atoms with Gasteiger partial charge in [0.1, 0.15) is 11.5 Å². The van der Waals surface area contributed by atoms with Crippen molar-refractivity contribution in [1.82, 2.24) is 4.90 Å². The van der Waals surface area contributed by atoms with Gasteiger partial charge in [0.25, 0.3) is 0 Å². The van der Waals surface area contributed by atoms with Crippen LogP contribution in [0.15, 0.2) is 18.2 Å². The summed E-state index contributed by atoms with van der Waals surface area (Å²) in [7, 11) is 5.42. The van der Waals surface area contributed by atoms with Crippen LogP contribution in [0.2, 0.25) is 0 Å². The predicted molar refractivity (Wildman–Crippen MR) is 74.9 cm³/mol. The highest BCUT2D eigenvalue weighted by molar-refractivity contribution is 5.41. The topological polar surface area (TPSA) is 41.9 Å². The molecule has 2 unspecified atom stereocenters. The van der Waals surface area contributed by atoms with Gasteiger partial charge in [-0.2, -0.15) is 0 Å². The number of ether oxygens (including phenoxy) is 2. The molecule has 0 amide bonds. The Balaban J connectivity index is 2.13. The number of methoxy groups -OCH3 is 2. The van der Waals surface area contributed by atoms with E-state index in [2.05, 4.69) is 11.9 Å². The molecule has 1 heterocycles. The second-order valence-corrected chi connectivity index (χ2v) is 5.26. The van der Waals surface area contributed by atoms with Gasteiger partial charge in [-0.25, -0.2) is 0 Å². The van der Waals surface area contributed by atoms with Gasteiger partial charge in [0.15, 0.2) is 0 Å². The highest BCUT2D eigenvalue weighted by Gasteiger charge is 2.26. The Hall–Kier alpha value is -1.26. The summed E-state index contributed by atoms with van der Waals surface area (Å²) in [5, 5.41) is 10.1. The summed E-state index contributed by atoms with van der Waals surface area (Å²) in [6, 6.07) is 5.87. The van der Waals surface area contributed by atoms with Crippen LogP contribution in [0.5, 0.6) is 11.5 Å². The number of aliphatic hydroxyl groups excluding tert-OH is 1. The highest BCUT2D eigenvalue weighted by Crippen LogP contribution is 2.29. The maximum absolute atomic E-state index is 10.1. The summed E-state index contributed by atoms with van der Waals surface area (Å²) < 4.78 is 10.6. The molecule has 2 rings (SSSR count). The summed E-state index contributed by atoms with van der Waals surface area (Å²) in [5.74, 6) is 1.89. The second-order valence-electron chi connectivity index (χ2n) is 5.26. The molecule has 1 N–H and O–H groups in total. The van der Waals surface area contributed by atoms with E-state index in [1.54, 1.807) is 14.2 Å². The normalized spacial score (nSPS) is 24.2. The number of benzene rings is 1. The lowest BCUT2D eigenvalue weighted by Crippen LogP contribution is -2.42. The number of aliphatic hydroxyl groups is 1. The number of hydrogen-bond donors (Lipinski definition) is 1. The van der Waals surface area contributed by atoms with Gasteiger partial charge in [-0.3, -0.25) is 0 Å². The van der Waals surface area contributed by atoms with Crippen molar-refractivity contribution >= 4 is 0 Å². The minimum absolute atomic E-state index is 0.219. The minimum atomic E-state index is -0.219. The second kappa shape index (κ2) is 6.26. The molecule has 1 fully saturated rings. The fourth-order valence-corrected chi connectivity index (χ4v) is 2.71. The van der Waals surface area contributed by atoms with Gasteiger partial charge in [-0.05, 0) is 31.5 Å². The fourth-order valence-electron chi connectivity index (χ4n) is 2.71. The summed E-state index contributed by atoms with van der Waals surface area (Å²) in [4.78, 5) is 2.27. The molecule has 0 saturated carbocycles. The number of rotatable bonds is 4. The monoisotopic (exact) mass is 265 g/mol. The van der Waals surface area contributed by atoms with Gasteiger partial charge in [0.05, 0.1) is 20.3 Å². The maximum atomic E-state index is 10.1. The van der Waals surface area contributed by atoms with Gasteiger partial charge in [-0.1, -0.05) is 6.07 Å². The number of nitrogens with zero attached hydrogens (tertiary/aromatic N) is 1. The zero-order valence-corrected chi connectivity index (χ0v) is 11.9. The fraction of sp³-hybridized carbons (Fsp3) is 0.600. The van der Waals surface area contributed by atoms with Crippen LogP contribution in [0, 0.1) is 5.92 Å². The first-order valence-electron chi connectivity index (χ1n) is 6.71. The lowest BCUT2D eigenvalue weighted by molar-refractivity contribution is 0.0364. The average Bonchev–Trinajstić information content (AvgIpc) is 2.43. The van der Waals surface area contributed by atoms with Crippen molar-refractivity contribution < 1.29 is 14.6 Å². The first-order valence-corrected chi connectivity index (χ1v) is 6.71. The van der Waals surface area contributed by atoms with E-state index in [0.29, 0.717) is 0 Å². The van der Waals surface area contributed by atoms with E-state index < -0.39 is 0 Å². The summed E-state index contributed by atoms with van der Waals surface area (Å²) in [5.41, 5.74) is 1.13. The van der Waals surface area contributed by atoms with Gasteiger partial charge in [0, 0.05) is 25.1 Å². The number of hydrogen-bond acceptors (Lipinski definition) is 4. The third-order valence-corrected chi connectivity index (χ3v) is 3.87. The molecule has 0 radical (unpaired) electrons. The van der Waals surface area contributed by atoms with Gasteiger partial charge in [0.2, 0.25) is 0 Å². The van der Waals surface area contributed by atoms with Gasteiger partial charge in [-0.15, -0.1) is 0 Å². The molecular formula is C15H23NO3. The van der Waals surface area contributed by atoms with Crippen LogP contribution < -0.4 is 9.47 Å². The minimum Gasteiger partial charge on any atom is -0.497 e. The van der Waals surface area contributed by atoms with Crippen molar-refractivity contribution in [3.63, 3.8) is 0 Å². The van der Waals surface area contributed by atoms with Crippen molar-refractivity contribution in [1.29, 1.82) is 0 Å². The SMILES string of the molecule is COc1ccc(CC2CN(C)CCC2O)c(OC)c1. The standard InChI is InChI=1S/C15H23NO3/c1-16-7-6-14(17)12(10-16)8-11-4-5-13(18-2)9-15(11)19-3/h4-5,9,12,14,17H,6-8,10H2,1-3H3. The van der Waals surface area contributed by atoms with Crippen molar-refractivity contribution in [3.05, 3.63) is 23.8 Å². The van der Waals surface area contributed by atoms with Gasteiger partial charge < -0.3 is 19.5 Å². The zero-order chi connectivity index (χ0) is 13.8. The molecule has 2 atom stereocenters.